The number of aryl methyl sites for hydroxylation is 1. The van der Waals surface area contributed by atoms with Gasteiger partial charge < -0.3 is 5.32 Å². The van der Waals surface area contributed by atoms with Crippen LogP contribution >= 0.6 is 12.4 Å². The van der Waals surface area contributed by atoms with Gasteiger partial charge in [-0.1, -0.05) is 29.8 Å². The van der Waals surface area contributed by atoms with Crippen molar-refractivity contribution in [2.75, 3.05) is 13.1 Å². The minimum atomic E-state index is -1.10. The Morgan fingerprint density at radius 3 is 2.20 bits per heavy atom. The smallest absolute Gasteiger partial charge is 0.138 e. The molecule has 0 amide bonds. The summed E-state index contributed by atoms with van der Waals surface area (Å²) in [5, 5.41) is 3.18. The molecule has 0 aliphatic carbocycles. The summed E-state index contributed by atoms with van der Waals surface area (Å²) in [6, 6.07) is 7.80. The van der Waals surface area contributed by atoms with Crippen LogP contribution < -0.4 is 5.32 Å². The Morgan fingerprint density at radius 2 is 1.67 bits per heavy atom. The molecule has 15 heavy (non-hydrogen) atoms. The number of nitrogens with one attached hydrogen (secondary N) is 1. The van der Waals surface area contributed by atoms with Crippen molar-refractivity contribution in [3.05, 3.63) is 35.4 Å². The molecule has 84 valence electrons. The Bertz CT molecular complexity index is 304. The Hall–Kier alpha value is -0.600. The second kappa shape index (κ2) is 4.95. The topological polar surface area (TPSA) is 12.0 Å². The van der Waals surface area contributed by atoms with Gasteiger partial charge in [0.2, 0.25) is 0 Å². The zero-order valence-corrected chi connectivity index (χ0v) is 9.74. The lowest BCUT2D eigenvalue weighted by molar-refractivity contribution is 0.115. The SMILES string of the molecule is Cc1ccc(C2(F)CCNCC2)cc1.Cl. The lowest BCUT2D eigenvalue weighted by Gasteiger charge is -2.30. The highest BCUT2D eigenvalue weighted by molar-refractivity contribution is 5.85. The molecule has 0 atom stereocenters. The first-order valence-electron chi connectivity index (χ1n) is 5.17. The summed E-state index contributed by atoms with van der Waals surface area (Å²) in [5.41, 5.74) is 0.926. The van der Waals surface area contributed by atoms with E-state index >= 15 is 0 Å². The molecule has 2 rings (SSSR count). The van der Waals surface area contributed by atoms with E-state index in [9.17, 15) is 4.39 Å². The second-order valence-corrected chi connectivity index (χ2v) is 4.08. The first-order chi connectivity index (χ1) is 6.71. The molecule has 0 radical (unpaired) electrons. The van der Waals surface area contributed by atoms with Crippen LogP contribution in [0.5, 0.6) is 0 Å². The highest BCUT2D eigenvalue weighted by Gasteiger charge is 2.33. The molecule has 0 spiro atoms. The molecular weight excluding hydrogens is 213 g/mol. The first kappa shape index (κ1) is 12.5. The molecule has 3 heteroatoms. The lowest BCUT2D eigenvalue weighted by Crippen LogP contribution is -2.36. The number of piperidine rings is 1. The normalized spacial score (nSPS) is 19.3. The largest absolute Gasteiger partial charge is 0.316 e. The number of benzene rings is 1. The molecule has 1 fully saturated rings. The fourth-order valence-corrected chi connectivity index (χ4v) is 1.96. The molecular formula is C12H17ClFN. The molecule has 1 aliphatic rings. The van der Waals surface area contributed by atoms with E-state index in [1.165, 1.54) is 5.56 Å². The Kier molecular flexibility index (Phi) is 4.12. The number of halogens is 2. The summed E-state index contributed by atoms with van der Waals surface area (Å²) in [6.45, 7) is 3.59. The van der Waals surface area contributed by atoms with Crippen molar-refractivity contribution in [3.8, 4) is 0 Å². The standard InChI is InChI=1S/C12H16FN.ClH/c1-10-2-4-11(5-3-10)12(13)6-8-14-9-7-12;/h2-5,14H,6-9H2,1H3;1H. The second-order valence-electron chi connectivity index (χ2n) is 4.08. The monoisotopic (exact) mass is 229 g/mol. The third-order valence-electron chi connectivity index (χ3n) is 2.97. The average Bonchev–Trinajstić information content (AvgIpc) is 2.19. The quantitative estimate of drug-likeness (QED) is 0.781. The van der Waals surface area contributed by atoms with Crippen LogP contribution in [-0.4, -0.2) is 13.1 Å². The summed E-state index contributed by atoms with van der Waals surface area (Å²) in [6.07, 6.45) is 1.19. The van der Waals surface area contributed by atoms with Crippen molar-refractivity contribution in [3.63, 3.8) is 0 Å². The van der Waals surface area contributed by atoms with Crippen LogP contribution in [0.25, 0.3) is 0 Å². The molecule has 0 aromatic heterocycles. The van der Waals surface area contributed by atoms with E-state index in [2.05, 4.69) is 5.32 Å². The van der Waals surface area contributed by atoms with E-state index in [0.29, 0.717) is 12.8 Å². The number of alkyl halides is 1. The van der Waals surface area contributed by atoms with E-state index < -0.39 is 5.67 Å². The zero-order chi connectivity index (χ0) is 10.0. The maximum absolute atomic E-state index is 14.4. The van der Waals surface area contributed by atoms with Gasteiger partial charge in [-0.2, -0.15) is 0 Å². The summed E-state index contributed by atoms with van der Waals surface area (Å²) in [5.74, 6) is 0. The molecule has 1 heterocycles. The number of hydrogen-bond donors (Lipinski definition) is 1. The molecule has 0 saturated carbocycles. The summed E-state index contributed by atoms with van der Waals surface area (Å²) < 4.78 is 14.4. The molecule has 1 aromatic carbocycles. The van der Waals surface area contributed by atoms with E-state index in [4.69, 9.17) is 0 Å². The molecule has 1 N–H and O–H groups in total. The molecule has 1 aliphatic heterocycles. The van der Waals surface area contributed by atoms with Crippen LogP contribution in [0, 0.1) is 6.92 Å². The van der Waals surface area contributed by atoms with E-state index in [1.54, 1.807) is 0 Å². The van der Waals surface area contributed by atoms with Crippen LogP contribution in [0.3, 0.4) is 0 Å². The van der Waals surface area contributed by atoms with Crippen LogP contribution in [-0.2, 0) is 5.67 Å². The third kappa shape index (κ3) is 2.70. The molecule has 1 aromatic rings. The van der Waals surface area contributed by atoms with Crippen molar-refractivity contribution in [1.82, 2.24) is 5.32 Å². The Labute approximate surface area is 96.5 Å². The minimum Gasteiger partial charge on any atom is -0.316 e. The van der Waals surface area contributed by atoms with Gasteiger partial charge in [0.15, 0.2) is 0 Å². The van der Waals surface area contributed by atoms with Gasteiger partial charge >= 0.3 is 0 Å². The fraction of sp³-hybridized carbons (Fsp3) is 0.500. The van der Waals surface area contributed by atoms with Crippen LogP contribution in [0.15, 0.2) is 24.3 Å². The van der Waals surface area contributed by atoms with Gasteiger partial charge in [-0.25, -0.2) is 4.39 Å². The first-order valence-corrected chi connectivity index (χ1v) is 5.17. The van der Waals surface area contributed by atoms with Crippen molar-refractivity contribution in [2.45, 2.75) is 25.4 Å². The molecule has 1 nitrogen and oxygen atoms in total. The van der Waals surface area contributed by atoms with Gasteiger partial charge in [-0.3, -0.25) is 0 Å². The molecule has 0 bridgehead atoms. The number of hydrogen-bond acceptors (Lipinski definition) is 1. The van der Waals surface area contributed by atoms with Gasteiger partial charge in [-0.05, 0) is 38.4 Å². The Balaban J connectivity index is 0.00000112. The van der Waals surface area contributed by atoms with Gasteiger partial charge in [0.05, 0.1) is 0 Å². The summed E-state index contributed by atoms with van der Waals surface area (Å²) in [7, 11) is 0. The predicted octanol–water partition coefficient (Wildman–Crippen LogP) is 2.97. The van der Waals surface area contributed by atoms with Crippen molar-refractivity contribution in [2.24, 2.45) is 0 Å². The van der Waals surface area contributed by atoms with Crippen LogP contribution in [0.4, 0.5) is 4.39 Å². The van der Waals surface area contributed by atoms with Crippen molar-refractivity contribution >= 4 is 12.4 Å². The average molecular weight is 230 g/mol. The van der Waals surface area contributed by atoms with Crippen molar-refractivity contribution in [1.29, 1.82) is 0 Å². The van der Waals surface area contributed by atoms with Gasteiger partial charge in [-0.15, -0.1) is 12.4 Å². The highest BCUT2D eigenvalue weighted by atomic mass is 35.5. The lowest BCUT2D eigenvalue weighted by atomic mass is 9.86. The number of rotatable bonds is 1. The predicted molar refractivity (Wildman–Crippen MR) is 63.3 cm³/mol. The summed E-state index contributed by atoms with van der Waals surface area (Å²) in [4.78, 5) is 0. The van der Waals surface area contributed by atoms with E-state index in [-0.39, 0.29) is 12.4 Å². The van der Waals surface area contributed by atoms with Crippen LogP contribution in [0.1, 0.15) is 24.0 Å². The maximum Gasteiger partial charge on any atom is 0.138 e. The van der Waals surface area contributed by atoms with Gasteiger partial charge in [0.25, 0.3) is 0 Å². The zero-order valence-electron chi connectivity index (χ0n) is 8.92. The highest BCUT2D eigenvalue weighted by Crippen LogP contribution is 2.34. The molecule has 1 saturated heterocycles. The summed E-state index contributed by atoms with van der Waals surface area (Å²) >= 11 is 0. The minimum absolute atomic E-state index is 0. The van der Waals surface area contributed by atoms with E-state index in [1.807, 2.05) is 31.2 Å². The third-order valence-corrected chi connectivity index (χ3v) is 2.97. The maximum atomic E-state index is 14.4. The Morgan fingerprint density at radius 1 is 1.13 bits per heavy atom. The molecule has 0 unspecified atom stereocenters. The van der Waals surface area contributed by atoms with E-state index in [0.717, 1.165) is 18.7 Å². The van der Waals surface area contributed by atoms with Gasteiger partial charge in [0.1, 0.15) is 5.67 Å². The van der Waals surface area contributed by atoms with Gasteiger partial charge in [0, 0.05) is 0 Å². The fourth-order valence-electron chi connectivity index (χ4n) is 1.96. The van der Waals surface area contributed by atoms with Crippen LogP contribution in [0.2, 0.25) is 0 Å². The van der Waals surface area contributed by atoms with Crippen molar-refractivity contribution < 1.29 is 4.39 Å².